The Kier molecular flexibility index (Phi) is 7.74. The third kappa shape index (κ3) is 6.21. The number of amides is 1. The zero-order valence-corrected chi connectivity index (χ0v) is 22.7. The Morgan fingerprint density at radius 1 is 0.861 bits per heavy atom. The summed E-state index contributed by atoms with van der Waals surface area (Å²) in [6.45, 7) is 11.7. The summed E-state index contributed by atoms with van der Waals surface area (Å²) < 4.78 is 26.3. The number of benzene rings is 3. The van der Waals surface area contributed by atoms with E-state index in [1.54, 1.807) is 36.4 Å². The molecule has 0 aromatic heterocycles. The van der Waals surface area contributed by atoms with Gasteiger partial charge in [-0.3, -0.25) is 13.9 Å². The molecule has 0 unspecified atom stereocenters. The van der Waals surface area contributed by atoms with Crippen LogP contribution in [-0.4, -0.2) is 32.4 Å². The maximum Gasteiger partial charge on any atom is 0.247 e. The monoisotopic (exact) mass is 506 g/mol. The maximum absolute atomic E-state index is 13.1. The maximum atomic E-state index is 13.1. The molecule has 0 bridgehead atoms. The molecule has 7 heteroatoms. The van der Waals surface area contributed by atoms with Crippen LogP contribution in [0.4, 0.5) is 11.4 Å². The van der Waals surface area contributed by atoms with Crippen LogP contribution in [-0.2, 0) is 20.2 Å². The molecule has 3 aromatic carbocycles. The Balaban J connectivity index is 1.83. The van der Waals surface area contributed by atoms with Crippen molar-refractivity contribution in [3.8, 4) is 0 Å². The van der Waals surface area contributed by atoms with E-state index in [1.165, 1.54) is 6.92 Å². The summed E-state index contributed by atoms with van der Waals surface area (Å²) in [4.78, 5) is 26.2. The summed E-state index contributed by atoms with van der Waals surface area (Å²) in [5.74, 6) is -0.662. The predicted octanol–water partition coefficient (Wildman–Crippen LogP) is 5.63. The highest BCUT2D eigenvalue weighted by Crippen LogP contribution is 2.26. The largest absolute Gasteiger partial charge is 0.324 e. The lowest BCUT2D eigenvalue weighted by Gasteiger charge is -2.28. The van der Waals surface area contributed by atoms with Crippen molar-refractivity contribution in [1.29, 1.82) is 0 Å². The SMILES string of the molecule is Cc1ccc(N([C@H](C)C(=O)Nc2cccc(C(=O)c3ccc(C(C)(C)C)cc3)c2)S(C)(=O)=O)cc1C. The molecule has 0 fully saturated rings. The molecule has 6 nitrogen and oxygen atoms in total. The minimum Gasteiger partial charge on any atom is -0.324 e. The van der Waals surface area contributed by atoms with Crippen LogP contribution in [0.2, 0.25) is 0 Å². The van der Waals surface area contributed by atoms with Crippen LogP contribution in [0.15, 0.2) is 66.7 Å². The first-order valence-electron chi connectivity index (χ1n) is 11.8. The van der Waals surface area contributed by atoms with Gasteiger partial charge in [-0.15, -0.1) is 0 Å². The minimum atomic E-state index is -3.74. The van der Waals surface area contributed by atoms with Crippen LogP contribution >= 0.6 is 0 Å². The van der Waals surface area contributed by atoms with E-state index in [0.29, 0.717) is 22.5 Å². The van der Waals surface area contributed by atoms with Crippen molar-refractivity contribution >= 4 is 33.1 Å². The van der Waals surface area contributed by atoms with Crippen molar-refractivity contribution in [2.45, 2.75) is 53.0 Å². The van der Waals surface area contributed by atoms with Gasteiger partial charge in [0.15, 0.2) is 5.78 Å². The fourth-order valence-corrected chi connectivity index (χ4v) is 5.11. The lowest BCUT2D eigenvalue weighted by molar-refractivity contribution is -0.116. The van der Waals surface area contributed by atoms with Gasteiger partial charge >= 0.3 is 0 Å². The molecule has 0 saturated carbocycles. The van der Waals surface area contributed by atoms with E-state index in [-0.39, 0.29) is 11.2 Å². The van der Waals surface area contributed by atoms with Crippen molar-refractivity contribution in [1.82, 2.24) is 0 Å². The topological polar surface area (TPSA) is 83.6 Å². The number of nitrogens with zero attached hydrogens (tertiary/aromatic N) is 1. The highest BCUT2D eigenvalue weighted by Gasteiger charge is 2.29. The van der Waals surface area contributed by atoms with E-state index < -0.39 is 22.0 Å². The molecule has 0 saturated heterocycles. The molecule has 1 amide bonds. The normalized spacial score (nSPS) is 12.6. The molecule has 0 aliphatic rings. The summed E-state index contributed by atoms with van der Waals surface area (Å²) in [5, 5.41) is 2.77. The first-order chi connectivity index (χ1) is 16.7. The quantitative estimate of drug-likeness (QED) is 0.421. The standard InChI is InChI=1S/C29H34N2O4S/c1-19-11-16-26(17-20(19)2)31(36(7,34)35)21(3)28(33)30-25-10-8-9-23(18-25)27(32)22-12-14-24(15-13-22)29(4,5)6/h8-18,21H,1-7H3,(H,30,33)/t21-/m1/s1. The number of hydrogen-bond acceptors (Lipinski definition) is 4. The molecule has 0 radical (unpaired) electrons. The predicted molar refractivity (Wildman–Crippen MR) is 146 cm³/mol. The molecule has 0 heterocycles. The molecule has 0 aliphatic carbocycles. The van der Waals surface area contributed by atoms with Crippen molar-refractivity contribution in [2.24, 2.45) is 0 Å². The number of sulfonamides is 1. The summed E-state index contributed by atoms with van der Waals surface area (Å²) >= 11 is 0. The second-order valence-corrected chi connectivity index (χ2v) is 12.1. The Morgan fingerprint density at radius 3 is 2.06 bits per heavy atom. The lowest BCUT2D eigenvalue weighted by Crippen LogP contribution is -2.45. The highest BCUT2D eigenvalue weighted by molar-refractivity contribution is 7.92. The first kappa shape index (κ1) is 27.1. The second-order valence-electron chi connectivity index (χ2n) is 10.2. The Hall–Kier alpha value is -3.45. The van der Waals surface area contributed by atoms with Crippen LogP contribution in [0.1, 0.15) is 60.3 Å². The number of aryl methyl sites for hydroxylation is 2. The van der Waals surface area contributed by atoms with Crippen molar-refractivity contribution in [2.75, 3.05) is 15.9 Å². The van der Waals surface area contributed by atoms with Crippen molar-refractivity contribution in [3.63, 3.8) is 0 Å². The van der Waals surface area contributed by atoms with Gasteiger partial charge in [0.2, 0.25) is 15.9 Å². The van der Waals surface area contributed by atoms with Gasteiger partial charge < -0.3 is 5.32 Å². The molecule has 1 N–H and O–H groups in total. The first-order valence-corrected chi connectivity index (χ1v) is 13.7. The third-order valence-corrected chi connectivity index (χ3v) is 7.48. The number of hydrogen-bond donors (Lipinski definition) is 1. The number of anilines is 2. The average Bonchev–Trinajstić information content (AvgIpc) is 2.79. The van der Waals surface area contributed by atoms with E-state index in [9.17, 15) is 18.0 Å². The molecule has 3 rings (SSSR count). The number of carbonyl (C=O) groups excluding carboxylic acids is 2. The fourth-order valence-electron chi connectivity index (χ4n) is 3.94. The number of ketones is 1. The van der Waals surface area contributed by atoms with E-state index in [0.717, 1.165) is 27.3 Å². The zero-order valence-electron chi connectivity index (χ0n) is 21.9. The van der Waals surface area contributed by atoms with Gasteiger partial charge in [0, 0.05) is 16.8 Å². The fraction of sp³-hybridized carbons (Fsp3) is 0.310. The van der Waals surface area contributed by atoms with Gasteiger partial charge in [-0.25, -0.2) is 8.42 Å². The molecule has 190 valence electrons. The number of rotatable bonds is 7. The van der Waals surface area contributed by atoms with Crippen LogP contribution in [0, 0.1) is 13.8 Å². The summed E-state index contributed by atoms with van der Waals surface area (Å²) in [5.41, 5.74) is 4.89. The van der Waals surface area contributed by atoms with E-state index in [4.69, 9.17) is 0 Å². The Morgan fingerprint density at radius 2 is 1.50 bits per heavy atom. The number of carbonyl (C=O) groups is 2. The average molecular weight is 507 g/mol. The molecule has 0 aliphatic heterocycles. The van der Waals surface area contributed by atoms with Gasteiger partial charge in [0.25, 0.3) is 0 Å². The molecular formula is C29H34N2O4S. The summed E-state index contributed by atoms with van der Waals surface area (Å²) in [6.07, 6.45) is 1.08. The Bertz CT molecular complexity index is 1390. The molecular weight excluding hydrogens is 472 g/mol. The van der Waals surface area contributed by atoms with Crippen LogP contribution < -0.4 is 9.62 Å². The zero-order chi connectivity index (χ0) is 26.8. The van der Waals surface area contributed by atoms with E-state index >= 15 is 0 Å². The smallest absolute Gasteiger partial charge is 0.247 e. The second kappa shape index (κ2) is 10.3. The molecule has 3 aromatic rings. The molecule has 0 spiro atoms. The molecule has 36 heavy (non-hydrogen) atoms. The van der Waals surface area contributed by atoms with Gasteiger partial charge in [-0.1, -0.05) is 63.2 Å². The minimum absolute atomic E-state index is 0.0143. The third-order valence-electron chi connectivity index (χ3n) is 6.24. The van der Waals surface area contributed by atoms with Gasteiger partial charge in [0.1, 0.15) is 6.04 Å². The van der Waals surface area contributed by atoms with E-state index in [1.807, 2.05) is 44.2 Å². The lowest BCUT2D eigenvalue weighted by atomic mass is 9.86. The van der Waals surface area contributed by atoms with Gasteiger partial charge in [-0.2, -0.15) is 0 Å². The summed E-state index contributed by atoms with van der Waals surface area (Å²) in [6, 6.07) is 18.4. The van der Waals surface area contributed by atoms with Gasteiger partial charge in [0.05, 0.1) is 11.9 Å². The molecule has 1 atom stereocenters. The highest BCUT2D eigenvalue weighted by atomic mass is 32.2. The summed E-state index contributed by atoms with van der Waals surface area (Å²) in [7, 11) is -3.74. The van der Waals surface area contributed by atoms with Gasteiger partial charge in [-0.05, 0) is 67.1 Å². The van der Waals surface area contributed by atoms with Crippen molar-refractivity contribution < 1.29 is 18.0 Å². The van der Waals surface area contributed by atoms with Crippen molar-refractivity contribution in [3.05, 3.63) is 94.5 Å². The van der Waals surface area contributed by atoms with E-state index in [2.05, 4.69) is 26.1 Å². The Labute approximate surface area is 214 Å². The van der Waals surface area contributed by atoms with Crippen LogP contribution in [0.25, 0.3) is 0 Å². The van der Waals surface area contributed by atoms with Crippen LogP contribution in [0.5, 0.6) is 0 Å². The number of nitrogens with one attached hydrogen (secondary N) is 1. The van der Waals surface area contributed by atoms with Crippen LogP contribution in [0.3, 0.4) is 0 Å².